The molecule has 1 fully saturated rings. The Morgan fingerprint density at radius 1 is 1.22 bits per heavy atom. The van der Waals surface area contributed by atoms with E-state index in [9.17, 15) is 0 Å². The highest BCUT2D eigenvalue weighted by molar-refractivity contribution is 5.65. The number of anilines is 2. The summed E-state index contributed by atoms with van der Waals surface area (Å²) in [6.45, 7) is 0. The van der Waals surface area contributed by atoms with Crippen LogP contribution in [0, 0.1) is 5.92 Å². The lowest BCUT2D eigenvalue weighted by atomic mass is 9.83. The Bertz CT molecular complexity index is 1090. The second kappa shape index (κ2) is 6.46. The van der Waals surface area contributed by atoms with E-state index in [1.165, 1.54) is 19.3 Å². The van der Waals surface area contributed by atoms with Crippen LogP contribution in [0.4, 0.5) is 11.6 Å². The molecule has 4 heterocycles. The van der Waals surface area contributed by atoms with Gasteiger partial charge in [0.05, 0.1) is 17.6 Å². The molecule has 0 amide bonds. The molecule has 5 rings (SSSR count). The Morgan fingerprint density at radius 3 is 2.93 bits per heavy atom. The Hall–Kier alpha value is -3.29. The molecule has 8 heteroatoms. The van der Waals surface area contributed by atoms with Gasteiger partial charge in [-0.05, 0) is 24.1 Å². The molecule has 1 aliphatic carbocycles. The average Bonchev–Trinajstić information content (AvgIpc) is 3.24. The summed E-state index contributed by atoms with van der Waals surface area (Å²) in [5.74, 6) is 2.34. The molecule has 4 aromatic rings. The van der Waals surface area contributed by atoms with Crippen molar-refractivity contribution in [2.75, 3.05) is 5.32 Å². The third-order valence-electron chi connectivity index (χ3n) is 5.09. The first-order chi connectivity index (χ1) is 13.2. The summed E-state index contributed by atoms with van der Waals surface area (Å²) in [6.07, 6.45) is 12.4. The summed E-state index contributed by atoms with van der Waals surface area (Å²) in [5.41, 5.74) is 3.52. The highest BCUT2D eigenvalue weighted by Crippen LogP contribution is 2.29. The number of fused-ring (bicyclic) bond motifs is 1. The summed E-state index contributed by atoms with van der Waals surface area (Å²) >= 11 is 0. The third-order valence-corrected chi connectivity index (χ3v) is 5.09. The Labute approximate surface area is 156 Å². The first-order valence-electron chi connectivity index (χ1n) is 9.17. The van der Waals surface area contributed by atoms with E-state index in [0.29, 0.717) is 5.95 Å². The molecule has 8 nitrogen and oxygen atoms in total. The minimum absolute atomic E-state index is 0.535. The van der Waals surface area contributed by atoms with Crippen molar-refractivity contribution in [3.63, 3.8) is 0 Å². The Kier molecular flexibility index (Phi) is 3.81. The molecule has 0 spiro atoms. The van der Waals surface area contributed by atoms with Crippen molar-refractivity contribution in [2.24, 2.45) is 13.0 Å². The van der Waals surface area contributed by atoms with Crippen LogP contribution < -0.4 is 5.32 Å². The van der Waals surface area contributed by atoms with Gasteiger partial charge in [0, 0.05) is 37.6 Å². The lowest BCUT2D eigenvalue weighted by Crippen LogP contribution is -2.15. The van der Waals surface area contributed by atoms with Crippen molar-refractivity contribution in [2.45, 2.75) is 25.7 Å². The van der Waals surface area contributed by atoms with Gasteiger partial charge in [0.2, 0.25) is 5.95 Å². The molecule has 1 N–H and O–H groups in total. The zero-order chi connectivity index (χ0) is 18.2. The van der Waals surface area contributed by atoms with Crippen molar-refractivity contribution >= 4 is 17.3 Å². The van der Waals surface area contributed by atoms with Gasteiger partial charge in [0.15, 0.2) is 5.65 Å². The highest BCUT2D eigenvalue weighted by atomic mass is 15.3. The summed E-state index contributed by atoms with van der Waals surface area (Å²) in [7, 11) is 1.87. The van der Waals surface area contributed by atoms with Gasteiger partial charge in [-0.15, -0.1) is 10.2 Å². The number of aromatic nitrogens is 7. The molecule has 0 aromatic carbocycles. The number of pyridine rings is 1. The zero-order valence-electron chi connectivity index (χ0n) is 15.1. The van der Waals surface area contributed by atoms with Gasteiger partial charge in [0.25, 0.3) is 0 Å². The van der Waals surface area contributed by atoms with Gasteiger partial charge >= 0.3 is 0 Å². The average molecular weight is 360 g/mol. The quantitative estimate of drug-likeness (QED) is 0.589. The van der Waals surface area contributed by atoms with Gasteiger partial charge in [-0.2, -0.15) is 5.10 Å². The van der Waals surface area contributed by atoms with E-state index in [2.05, 4.69) is 41.0 Å². The topological polar surface area (TPSA) is 85.8 Å². The largest absolute Gasteiger partial charge is 0.321 e. The predicted octanol–water partition coefficient (Wildman–Crippen LogP) is 3.01. The fourth-order valence-electron chi connectivity index (χ4n) is 3.39. The van der Waals surface area contributed by atoms with Crippen molar-refractivity contribution in [3.8, 4) is 11.3 Å². The van der Waals surface area contributed by atoms with Crippen LogP contribution in [0.3, 0.4) is 0 Å². The molecule has 136 valence electrons. The van der Waals surface area contributed by atoms with Crippen LogP contribution in [0.15, 0.2) is 43.0 Å². The van der Waals surface area contributed by atoms with E-state index in [0.717, 1.165) is 40.8 Å². The maximum absolute atomic E-state index is 4.62. The minimum atomic E-state index is 0.535. The number of nitrogens with one attached hydrogen (secondary N) is 1. The van der Waals surface area contributed by atoms with Crippen LogP contribution in [0.2, 0.25) is 0 Å². The summed E-state index contributed by atoms with van der Waals surface area (Å²) in [6, 6.07) is 5.97. The molecule has 1 aliphatic rings. The second-order valence-corrected chi connectivity index (χ2v) is 7.05. The van der Waals surface area contributed by atoms with Gasteiger partial charge in [-0.25, -0.2) is 9.97 Å². The van der Waals surface area contributed by atoms with E-state index in [-0.39, 0.29) is 0 Å². The maximum Gasteiger partial charge on any atom is 0.227 e. The molecule has 0 saturated heterocycles. The highest BCUT2D eigenvalue weighted by Gasteiger charge is 2.20. The smallest absolute Gasteiger partial charge is 0.227 e. The molecule has 0 unspecified atom stereocenters. The van der Waals surface area contributed by atoms with Crippen molar-refractivity contribution in [1.29, 1.82) is 0 Å². The van der Waals surface area contributed by atoms with Crippen LogP contribution in [0.5, 0.6) is 0 Å². The maximum atomic E-state index is 4.62. The lowest BCUT2D eigenvalue weighted by Gasteiger charge is -2.24. The summed E-state index contributed by atoms with van der Waals surface area (Å²) in [5, 5.41) is 16.1. The molecular weight excluding hydrogens is 340 g/mol. The molecule has 0 atom stereocenters. The molecule has 0 aliphatic heterocycles. The number of nitrogens with zero attached hydrogens (tertiary/aromatic N) is 7. The molecule has 0 radical (unpaired) electrons. The minimum Gasteiger partial charge on any atom is -0.321 e. The predicted molar refractivity (Wildman–Crippen MR) is 102 cm³/mol. The molecule has 27 heavy (non-hydrogen) atoms. The zero-order valence-corrected chi connectivity index (χ0v) is 15.1. The number of rotatable bonds is 5. The van der Waals surface area contributed by atoms with Crippen LogP contribution in [-0.2, 0) is 13.5 Å². The standard InChI is InChI=1S/C19H20N8/c1-26-12-15(11-21-26)22-19-20-7-5-16(23-19)14-6-8-27-17(9-13-3-2-4-13)24-25-18(27)10-14/h5-8,10-13H,2-4,9H2,1H3,(H,20,22,23). The van der Waals surface area contributed by atoms with E-state index in [1.54, 1.807) is 17.1 Å². The van der Waals surface area contributed by atoms with E-state index >= 15 is 0 Å². The fraction of sp³-hybridized carbons (Fsp3) is 0.316. The number of hydrogen-bond acceptors (Lipinski definition) is 6. The normalized spacial score (nSPS) is 14.4. The first kappa shape index (κ1) is 15.9. The van der Waals surface area contributed by atoms with Crippen molar-refractivity contribution < 1.29 is 0 Å². The van der Waals surface area contributed by atoms with Gasteiger partial charge < -0.3 is 5.32 Å². The van der Waals surface area contributed by atoms with Crippen LogP contribution in [-0.4, -0.2) is 34.3 Å². The number of hydrogen-bond donors (Lipinski definition) is 1. The molecule has 0 bridgehead atoms. The van der Waals surface area contributed by atoms with E-state index in [1.807, 2.05) is 31.6 Å². The summed E-state index contributed by atoms with van der Waals surface area (Å²) in [4.78, 5) is 8.91. The molecule has 4 aromatic heterocycles. The lowest BCUT2D eigenvalue weighted by molar-refractivity contribution is 0.308. The molecular formula is C19H20N8. The fourth-order valence-corrected chi connectivity index (χ4v) is 3.39. The number of aryl methyl sites for hydroxylation is 1. The molecule has 1 saturated carbocycles. The van der Waals surface area contributed by atoms with Gasteiger partial charge in [-0.3, -0.25) is 9.08 Å². The summed E-state index contributed by atoms with van der Waals surface area (Å²) < 4.78 is 3.81. The van der Waals surface area contributed by atoms with Crippen molar-refractivity contribution in [3.05, 3.63) is 48.8 Å². The van der Waals surface area contributed by atoms with Crippen LogP contribution >= 0.6 is 0 Å². The Morgan fingerprint density at radius 2 is 2.15 bits per heavy atom. The van der Waals surface area contributed by atoms with Crippen LogP contribution in [0.1, 0.15) is 25.1 Å². The SMILES string of the molecule is Cn1cc(Nc2nccc(-c3ccn4c(CC5CCC5)nnc4c3)n2)cn1. The third kappa shape index (κ3) is 3.14. The Balaban J connectivity index is 1.42. The second-order valence-electron chi connectivity index (χ2n) is 7.05. The van der Waals surface area contributed by atoms with Crippen molar-refractivity contribution in [1.82, 2.24) is 34.3 Å². The van der Waals surface area contributed by atoms with E-state index < -0.39 is 0 Å². The first-order valence-corrected chi connectivity index (χ1v) is 9.17. The van der Waals surface area contributed by atoms with E-state index in [4.69, 9.17) is 0 Å². The van der Waals surface area contributed by atoms with Crippen LogP contribution in [0.25, 0.3) is 16.9 Å². The van der Waals surface area contributed by atoms with Gasteiger partial charge in [-0.1, -0.05) is 19.3 Å². The van der Waals surface area contributed by atoms with Gasteiger partial charge in [0.1, 0.15) is 5.82 Å². The monoisotopic (exact) mass is 360 g/mol.